The minimum Gasteiger partial charge on any atom is -0.392 e. The molecule has 0 saturated heterocycles. The van der Waals surface area contributed by atoms with Gasteiger partial charge in [-0.3, -0.25) is 0 Å². The molecule has 0 aliphatic heterocycles. The van der Waals surface area contributed by atoms with Crippen LogP contribution < -0.4 is 5.32 Å². The molecule has 5 nitrogen and oxygen atoms in total. The van der Waals surface area contributed by atoms with E-state index in [-0.39, 0.29) is 47.1 Å². The van der Waals surface area contributed by atoms with Crippen LogP contribution in [-0.2, 0) is 0 Å². The summed E-state index contributed by atoms with van der Waals surface area (Å²) in [7, 11) is 0. The van der Waals surface area contributed by atoms with Gasteiger partial charge in [-0.1, -0.05) is 25.3 Å². The molecule has 1 fully saturated rings. The minimum absolute atomic E-state index is 0. The van der Waals surface area contributed by atoms with E-state index < -0.39 is 24.4 Å². The Morgan fingerprint density at radius 2 is 1.55 bits per heavy atom. The first-order valence-corrected chi connectivity index (χ1v) is 7.22. The molecule has 0 aromatic heterocycles. The van der Waals surface area contributed by atoms with Crippen molar-refractivity contribution >= 4 is 40.5 Å². The predicted octanol–water partition coefficient (Wildman–Crippen LogP) is -0.122. The normalized spacial score (nSPS) is 32.1. The van der Waals surface area contributed by atoms with Crippen molar-refractivity contribution in [2.75, 3.05) is 13.2 Å². The zero-order valence-corrected chi connectivity index (χ0v) is 15.7. The lowest BCUT2D eigenvalue weighted by Gasteiger charge is -2.35. The summed E-state index contributed by atoms with van der Waals surface area (Å²) >= 11 is 0. The van der Waals surface area contributed by atoms with Crippen LogP contribution in [0.15, 0.2) is 11.6 Å². The quantitative estimate of drug-likeness (QED) is 0.443. The van der Waals surface area contributed by atoms with Crippen molar-refractivity contribution in [3.05, 3.63) is 11.6 Å². The standard InChI is InChI=1S/C14H25NO4.3H2S/c16-8-10-6-11(13(18)14(19)12(10)17)15-7-9-4-2-1-3-5-9;;;/h6,9,11-19H,1-5,7-8H2;3*1H2/t11-,12+,13-,14?;;;/m0.../s1. The van der Waals surface area contributed by atoms with E-state index >= 15 is 0 Å². The maximum atomic E-state index is 9.95. The fourth-order valence-corrected chi connectivity index (χ4v) is 3.07. The first kappa shape index (κ1) is 24.8. The van der Waals surface area contributed by atoms with Crippen molar-refractivity contribution in [2.24, 2.45) is 5.92 Å². The van der Waals surface area contributed by atoms with Crippen molar-refractivity contribution in [3.8, 4) is 0 Å². The van der Waals surface area contributed by atoms with Gasteiger partial charge >= 0.3 is 0 Å². The molecular formula is C14H31NO4S3. The molecule has 0 amide bonds. The highest BCUT2D eigenvalue weighted by atomic mass is 32.1. The Balaban J connectivity index is 0. The zero-order valence-electron chi connectivity index (χ0n) is 12.7. The zero-order chi connectivity index (χ0) is 13.8. The van der Waals surface area contributed by atoms with E-state index in [1.54, 1.807) is 6.08 Å². The van der Waals surface area contributed by atoms with Gasteiger partial charge < -0.3 is 25.7 Å². The first-order chi connectivity index (χ1) is 9.13. The van der Waals surface area contributed by atoms with E-state index in [1.165, 1.54) is 32.1 Å². The lowest BCUT2D eigenvalue weighted by atomic mass is 9.86. The molecule has 0 spiro atoms. The Kier molecular flexibility index (Phi) is 13.6. The number of nitrogens with one attached hydrogen (secondary N) is 1. The first-order valence-electron chi connectivity index (χ1n) is 7.22. The van der Waals surface area contributed by atoms with Crippen LogP contribution in [0.5, 0.6) is 0 Å². The van der Waals surface area contributed by atoms with Crippen molar-refractivity contribution in [3.63, 3.8) is 0 Å². The summed E-state index contributed by atoms with van der Waals surface area (Å²) in [6, 6.07) is -0.400. The van der Waals surface area contributed by atoms with Crippen LogP contribution in [0.25, 0.3) is 0 Å². The molecule has 0 heterocycles. The largest absolute Gasteiger partial charge is 0.392 e. The smallest absolute Gasteiger partial charge is 0.111 e. The highest BCUT2D eigenvalue weighted by Crippen LogP contribution is 2.24. The predicted molar refractivity (Wildman–Crippen MR) is 103 cm³/mol. The summed E-state index contributed by atoms with van der Waals surface area (Å²) in [6.07, 6.45) is 4.44. The Hall–Kier alpha value is 0.590. The third-order valence-corrected chi connectivity index (χ3v) is 4.36. The second-order valence-corrected chi connectivity index (χ2v) is 5.76. The van der Waals surface area contributed by atoms with Gasteiger partial charge in [-0.05, 0) is 30.9 Å². The molecule has 2 aliphatic rings. The van der Waals surface area contributed by atoms with Gasteiger partial charge in [0, 0.05) is 0 Å². The number of hydrogen-bond acceptors (Lipinski definition) is 5. The molecule has 0 aromatic carbocycles. The third kappa shape index (κ3) is 6.24. The van der Waals surface area contributed by atoms with Crippen LogP contribution >= 0.6 is 40.5 Å². The molecule has 4 atom stereocenters. The van der Waals surface area contributed by atoms with Crippen LogP contribution in [0, 0.1) is 5.92 Å². The van der Waals surface area contributed by atoms with E-state index in [4.69, 9.17) is 5.11 Å². The maximum Gasteiger partial charge on any atom is 0.111 e. The van der Waals surface area contributed by atoms with E-state index in [0.29, 0.717) is 11.5 Å². The molecule has 2 rings (SSSR count). The van der Waals surface area contributed by atoms with E-state index in [0.717, 1.165) is 6.54 Å². The Morgan fingerprint density at radius 1 is 0.955 bits per heavy atom. The van der Waals surface area contributed by atoms with Crippen LogP contribution in [-0.4, -0.2) is 57.9 Å². The number of aliphatic hydroxyl groups is 4. The summed E-state index contributed by atoms with van der Waals surface area (Å²) in [6.45, 7) is 0.506. The maximum absolute atomic E-state index is 9.95. The molecule has 2 aliphatic carbocycles. The molecule has 0 aromatic rings. The highest BCUT2D eigenvalue weighted by molar-refractivity contribution is 7.59. The molecule has 5 N–H and O–H groups in total. The molecule has 8 heteroatoms. The van der Waals surface area contributed by atoms with Crippen LogP contribution in [0.3, 0.4) is 0 Å². The lowest BCUT2D eigenvalue weighted by molar-refractivity contribution is -0.0645. The summed E-state index contributed by atoms with van der Waals surface area (Å²) in [5, 5.41) is 41.8. The molecule has 0 bridgehead atoms. The molecular weight excluding hydrogens is 342 g/mol. The van der Waals surface area contributed by atoms with Crippen LogP contribution in [0.2, 0.25) is 0 Å². The third-order valence-electron chi connectivity index (χ3n) is 4.36. The second kappa shape index (κ2) is 12.0. The van der Waals surface area contributed by atoms with E-state index in [1.807, 2.05) is 0 Å². The fraction of sp³-hybridized carbons (Fsp3) is 0.857. The Bertz CT molecular complexity index is 327. The minimum atomic E-state index is -1.24. The Morgan fingerprint density at radius 3 is 2.09 bits per heavy atom. The van der Waals surface area contributed by atoms with Crippen molar-refractivity contribution in [1.82, 2.24) is 5.32 Å². The summed E-state index contributed by atoms with van der Waals surface area (Å²) in [4.78, 5) is 0. The van der Waals surface area contributed by atoms with Gasteiger partial charge in [0.25, 0.3) is 0 Å². The summed E-state index contributed by atoms with van der Waals surface area (Å²) < 4.78 is 0. The Labute approximate surface area is 153 Å². The SMILES string of the molecule is OCC1=C[C@H](NCC2CCCCC2)[C@H](O)C(O)[C@@H]1O.S.S.S. The molecule has 134 valence electrons. The van der Waals surface area contributed by atoms with Gasteiger partial charge in [0.2, 0.25) is 0 Å². The van der Waals surface area contributed by atoms with Crippen molar-refractivity contribution in [1.29, 1.82) is 0 Å². The average Bonchev–Trinajstić information content (AvgIpc) is 2.45. The second-order valence-electron chi connectivity index (χ2n) is 5.76. The van der Waals surface area contributed by atoms with Gasteiger partial charge in [0.15, 0.2) is 0 Å². The molecule has 22 heavy (non-hydrogen) atoms. The van der Waals surface area contributed by atoms with Gasteiger partial charge in [-0.2, -0.15) is 40.5 Å². The van der Waals surface area contributed by atoms with Crippen molar-refractivity contribution < 1.29 is 20.4 Å². The van der Waals surface area contributed by atoms with Crippen LogP contribution in [0.4, 0.5) is 0 Å². The lowest BCUT2D eigenvalue weighted by Crippen LogP contribution is -2.54. The van der Waals surface area contributed by atoms with Gasteiger partial charge in [-0.15, -0.1) is 0 Å². The summed E-state index contributed by atoms with van der Waals surface area (Å²) in [5.41, 5.74) is 0.374. The number of rotatable bonds is 4. The van der Waals surface area contributed by atoms with Crippen LogP contribution in [0.1, 0.15) is 32.1 Å². The van der Waals surface area contributed by atoms with Gasteiger partial charge in [0.05, 0.1) is 12.6 Å². The van der Waals surface area contributed by atoms with Gasteiger partial charge in [-0.25, -0.2) is 0 Å². The van der Waals surface area contributed by atoms with Crippen molar-refractivity contribution in [2.45, 2.75) is 56.5 Å². The number of hydrogen-bond donors (Lipinski definition) is 5. The van der Waals surface area contributed by atoms with E-state index in [9.17, 15) is 15.3 Å². The summed E-state index contributed by atoms with van der Waals surface area (Å²) in [5.74, 6) is 0.621. The fourth-order valence-electron chi connectivity index (χ4n) is 3.07. The van der Waals surface area contributed by atoms with E-state index in [2.05, 4.69) is 5.32 Å². The van der Waals surface area contributed by atoms with Gasteiger partial charge in [0.1, 0.15) is 18.3 Å². The highest BCUT2D eigenvalue weighted by Gasteiger charge is 2.36. The topological polar surface area (TPSA) is 93.0 Å². The molecule has 1 unspecified atom stereocenters. The average molecular weight is 374 g/mol. The number of aliphatic hydroxyl groups excluding tert-OH is 4. The monoisotopic (exact) mass is 373 g/mol. The molecule has 1 saturated carbocycles. The molecule has 0 radical (unpaired) electrons.